The lowest BCUT2D eigenvalue weighted by molar-refractivity contribution is -0.140. The lowest BCUT2D eigenvalue weighted by Crippen LogP contribution is -2.51. The molecule has 3 aliphatic heterocycles. The van der Waals surface area contributed by atoms with Crippen LogP contribution >= 0.6 is 48.0 Å². The van der Waals surface area contributed by atoms with Crippen molar-refractivity contribution in [2.45, 2.75) is 19.3 Å². The third kappa shape index (κ3) is 9.30. The first-order chi connectivity index (χ1) is 24.5. The van der Waals surface area contributed by atoms with Crippen LogP contribution in [0.25, 0.3) is 12.2 Å². The van der Waals surface area contributed by atoms with Gasteiger partial charge in [-0.15, -0.1) is 0 Å². The van der Waals surface area contributed by atoms with Crippen LogP contribution in [0.4, 0.5) is 0 Å². The molecular weight excluding hydrogens is 733 g/mol. The third-order valence-electron chi connectivity index (χ3n) is 8.31. The van der Waals surface area contributed by atoms with Crippen molar-refractivity contribution >= 4 is 104 Å². The zero-order chi connectivity index (χ0) is 36.7. The van der Waals surface area contributed by atoms with Crippen LogP contribution in [0.2, 0.25) is 0 Å². The van der Waals surface area contributed by atoms with Gasteiger partial charge in [-0.25, -0.2) is 9.59 Å². The minimum absolute atomic E-state index is 0.0573. The standard InChI is InChI=1S/C35H34N4O8S4/c1-46-32(44)24-9-5-22(6-10-24)20-26-30(42)38(34(48)50-26)14-3-4-28(40)36-16-18-37(19-17-36)29(41)13-15-39-31(43)27(51-35(39)49)21-23-7-11-25(12-8-23)33(45)47-2/h5-12,20-21H,3-4,13-19H2,1-2H3. The molecule has 0 unspecified atom stereocenters. The van der Waals surface area contributed by atoms with Crippen LogP contribution in [0.3, 0.4) is 0 Å². The number of benzene rings is 2. The van der Waals surface area contributed by atoms with Gasteiger partial charge in [0.2, 0.25) is 11.8 Å². The minimum Gasteiger partial charge on any atom is -0.465 e. The molecule has 2 aromatic rings. The van der Waals surface area contributed by atoms with Crippen LogP contribution in [-0.2, 0) is 28.7 Å². The number of hydrogen-bond donors (Lipinski definition) is 0. The first-order valence-corrected chi connectivity index (χ1v) is 18.4. The van der Waals surface area contributed by atoms with Crippen molar-refractivity contribution in [3.63, 3.8) is 0 Å². The highest BCUT2D eigenvalue weighted by molar-refractivity contribution is 8.27. The van der Waals surface area contributed by atoms with E-state index in [1.54, 1.807) is 70.5 Å². The monoisotopic (exact) mass is 766 g/mol. The van der Waals surface area contributed by atoms with Crippen molar-refractivity contribution in [3.05, 3.63) is 80.6 Å². The highest BCUT2D eigenvalue weighted by Gasteiger charge is 2.34. The van der Waals surface area contributed by atoms with Crippen molar-refractivity contribution in [1.29, 1.82) is 0 Å². The Kier molecular flexibility index (Phi) is 12.8. The van der Waals surface area contributed by atoms with E-state index in [2.05, 4.69) is 0 Å². The lowest BCUT2D eigenvalue weighted by Gasteiger charge is -2.35. The predicted molar refractivity (Wildman–Crippen MR) is 202 cm³/mol. The summed E-state index contributed by atoms with van der Waals surface area (Å²) in [5.41, 5.74) is 2.28. The molecule has 0 spiro atoms. The topological polar surface area (TPSA) is 134 Å². The maximum atomic E-state index is 13.0. The van der Waals surface area contributed by atoms with E-state index in [1.165, 1.54) is 35.8 Å². The van der Waals surface area contributed by atoms with E-state index in [9.17, 15) is 28.8 Å². The number of carbonyl (C=O) groups is 6. The number of thioether (sulfide) groups is 2. The van der Waals surface area contributed by atoms with Gasteiger partial charge in [-0.05, 0) is 54.0 Å². The van der Waals surface area contributed by atoms with Crippen molar-refractivity contribution < 1.29 is 38.2 Å². The van der Waals surface area contributed by atoms with Gasteiger partial charge in [0.1, 0.15) is 8.64 Å². The van der Waals surface area contributed by atoms with Crippen molar-refractivity contribution in [2.24, 2.45) is 0 Å². The molecule has 4 amide bonds. The molecule has 0 atom stereocenters. The van der Waals surface area contributed by atoms with Crippen molar-refractivity contribution in [2.75, 3.05) is 53.5 Å². The first-order valence-electron chi connectivity index (χ1n) is 15.9. The first kappa shape index (κ1) is 37.9. The molecule has 0 N–H and O–H groups in total. The van der Waals surface area contributed by atoms with Gasteiger partial charge in [-0.2, -0.15) is 0 Å². The fourth-order valence-corrected chi connectivity index (χ4v) is 8.09. The van der Waals surface area contributed by atoms with E-state index in [0.29, 0.717) is 68.7 Å². The fourth-order valence-electron chi connectivity index (χ4n) is 5.47. The number of piperazine rings is 1. The zero-order valence-corrected chi connectivity index (χ0v) is 31.1. The Bertz CT molecular complexity index is 1820. The summed E-state index contributed by atoms with van der Waals surface area (Å²) in [5, 5.41) is 0. The number of nitrogens with zero attached hydrogens (tertiary/aromatic N) is 4. The molecule has 2 aromatic carbocycles. The van der Waals surface area contributed by atoms with E-state index < -0.39 is 11.9 Å². The van der Waals surface area contributed by atoms with E-state index in [4.69, 9.17) is 33.9 Å². The van der Waals surface area contributed by atoms with Crippen LogP contribution in [0.1, 0.15) is 51.1 Å². The van der Waals surface area contributed by atoms with Gasteiger partial charge >= 0.3 is 11.9 Å². The Morgan fingerprint density at radius 2 is 1.04 bits per heavy atom. The molecular formula is C35H34N4O8S4. The highest BCUT2D eigenvalue weighted by Crippen LogP contribution is 2.34. The Balaban J connectivity index is 1.03. The van der Waals surface area contributed by atoms with Gasteiger partial charge in [-0.3, -0.25) is 29.0 Å². The van der Waals surface area contributed by atoms with E-state index in [0.717, 1.165) is 22.9 Å². The average molecular weight is 767 g/mol. The summed E-state index contributed by atoms with van der Waals surface area (Å²) in [5.74, 6) is -1.58. The van der Waals surface area contributed by atoms with Crippen LogP contribution in [-0.4, -0.2) is 117 Å². The van der Waals surface area contributed by atoms with Gasteiger partial charge in [0.15, 0.2) is 0 Å². The number of methoxy groups -OCH3 is 2. The molecule has 3 fully saturated rings. The smallest absolute Gasteiger partial charge is 0.337 e. The second-order valence-electron chi connectivity index (χ2n) is 11.5. The molecule has 51 heavy (non-hydrogen) atoms. The van der Waals surface area contributed by atoms with Gasteiger partial charge in [0, 0.05) is 52.1 Å². The number of ether oxygens (including phenoxy) is 2. The predicted octanol–water partition coefficient (Wildman–Crippen LogP) is 4.20. The zero-order valence-electron chi connectivity index (χ0n) is 27.8. The normalized spacial score (nSPS) is 17.9. The Hall–Kier alpha value is -4.38. The second-order valence-corrected chi connectivity index (χ2v) is 14.9. The summed E-state index contributed by atoms with van der Waals surface area (Å²) < 4.78 is 10.2. The summed E-state index contributed by atoms with van der Waals surface area (Å²) in [6.07, 6.45) is 4.17. The van der Waals surface area contributed by atoms with Crippen LogP contribution in [0.5, 0.6) is 0 Å². The number of rotatable bonds is 11. The Morgan fingerprint density at radius 3 is 1.45 bits per heavy atom. The minimum atomic E-state index is -0.449. The Morgan fingerprint density at radius 1 is 0.647 bits per heavy atom. The van der Waals surface area contributed by atoms with E-state index >= 15 is 0 Å². The SMILES string of the molecule is COC(=O)c1ccc(C=C2SC(=S)N(CCCC(=O)N3CCN(C(=O)CCN4C(=O)C(=Cc5ccc(C(=O)OC)cc5)SC4=S)CC3)C2=O)cc1. The fraction of sp³-hybridized carbons (Fsp3) is 0.314. The summed E-state index contributed by atoms with van der Waals surface area (Å²) >= 11 is 13.2. The number of carbonyl (C=O) groups excluding carboxylic acids is 6. The molecule has 0 saturated carbocycles. The molecule has 5 rings (SSSR count). The summed E-state index contributed by atoms with van der Waals surface area (Å²) in [6, 6.07) is 13.3. The third-order valence-corrected chi connectivity index (χ3v) is 11.1. The lowest BCUT2D eigenvalue weighted by atomic mass is 10.1. The molecule has 16 heteroatoms. The van der Waals surface area contributed by atoms with Crippen molar-refractivity contribution in [3.8, 4) is 0 Å². The molecule has 0 radical (unpaired) electrons. The maximum Gasteiger partial charge on any atom is 0.337 e. The largest absolute Gasteiger partial charge is 0.465 e. The van der Waals surface area contributed by atoms with Crippen LogP contribution < -0.4 is 0 Å². The average Bonchev–Trinajstić information content (AvgIpc) is 3.57. The molecule has 12 nitrogen and oxygen atoms in total. The molecule has 3 aliphatic rings. The van der Waals surface area contributed by atoms with Gasteiger partial charge < -0.3 is 19.3 Å². The molecule has 266 valence electrons. The number of thiocarbonyl (C=S) groups is 2. The summed E-state index contributed by atoms with van der Waals surface area (Å²) in [6.45, 7) is 2.00. The number of amides is 4. The van der Waals surface area contributed by atoms with Crippen LogP contribution in [0, 0.1) is 0 Å². The van der Waals surface area contributed by atoms with Crippen LogP contribution in [0.15, 0.2) is 58.3 Å². The van der Waals surface area contributed by atoms with Crippen molar-refractivity contribution in [1.82, 2.24) is 19.6 Å². The quantitative estimate of drug-likeness (QED) is 0.184. The number of esters is 2. The van der Waals surface area contributed by atoms with Gasteiger partial charge in [0.25, 0.3) is 11.8 Å². The number of hydrogen-bond acceptors (Lipinski definition) is 12. The van der Waals surface area contributed by atoms with E-state index in [-0.39, 0.29) is 43.0 Å². The molecule has 0 bridgehead atoms. The van der Waals surface area contributed by atoms with Gasteiger partial charge in [-0.1, -0.05) is 72.2 Å². The molecule has 3 saturated heterocycles. The van der Waals surface area contributed by atoms with E-state index in [1.807, 2.05) is 0 Å². The van der Waals surface area contributed by atoms with Gasteiger partial charge in [0.05, 0.1) is 35.2 Å². The molecule has 0 aromatic heterocycles. The Labute approximate surface area is 314 Å². The molecule has 0 aliphatic carbocycles. The maximum absolute atomic E-state index is 13.0. The second kappa shape index (κ2) is 17.2. The summed E-state index contributed by atoms with van der Waals surface area (Å²) in [7, 11) is 2.62. The summed E-state index contributed by atoms with van der Waals surface area (Å²) in [4.78, 5) is 82.6. The highest BCUT2D eigenvalue weighted by atomic mass is 32.2. The molecule has 3 heterocycles.